The molecule has 0 saturated carbocycles. The number of carbonyl (C=O) groups is 2. The van der Waals surface area contributed by atoms with Gasteiger partial charge >= 0.3 is 5.97 Å². The maximum absolute atomic E-state index is 14.2. The van der Waals surface area contributed by atoms with Gasteiger partial charge in [0, 0.05) is 46.1 Å². The number of para-hydroxylation sites is 1. The van der Waals surface area contributed by atoms with Crippen molar-refractivity contribution in [2.24, 2.45) is 0 Å². The minimum absolute atomic E-state index is 0.158. The fraction of sp³-hybridized carbons (Fsp3) is 0.391. The summed E-state index contributed by atoms with van der Waals surface area (Å²) in [5, 5.41) is 0. The first-order chi connectivity index (χ1) is 14.8. The molecule has 8 heteroatoms. The van der Waals surface area contributed by atoms with E-state index < -0.39 is 5.82 Å². The number of halogens is 2. The van der Waals surface area contributed by atoms with E-state index in [9.17, 15) is 14.0 Å². The number of rotatable bonds is 10. The molecule has 2 aromatic rings. The lowest BCUT2D eigenvalue weighted by molar-refractivity contribution is -0.142. The average molecular weight is 559 g/mol. The molecule has 0 N–H and O–H groups in total. The maximum atomic E-state index is 14.2. The number of hydrogen-bond acceptors (Lipinski definition) is 6. The predicted octanol–water partition coefficient (Wildman–Crippen LogP) is 5.38. The zero-order chi connectivity index (χ0) is 23.1. The molecule has 0 amide bonds. The van der Waals surface area contributed by atoms with E-state index in [4.69, 9.17) is 9.47 Å². The first-order valence-corrected chi connectivity index (χ1v) is 13.2. The van der Waals surface area contributed by atoms with Gasteiger partial charge in [0.05, 0.1) is 25.8 Å². The minimum Gasteiger partial charge on any atom is -0.492 e. The Bertz CT molecular complexity index is 967. The molecule has 0 aliphatic heterocycles. The molecule has 0 aromatic heterocycles. The lowest BCUT2D eigenvalue weighted by atomic mass is 9.89. The van der Waals surface area contributed by atoms with Gasteiger partial charge < -0.3 is 19.2 Å². The van der Waals surface area contributed by atoms with Crippen molar-refractivity contribution in [2.75, 3.05) is 25.7 Å². The molecule has 0 fully saturated rings. The van der Waals surface area contributed by atoms with Gasteiger partial charge in [-0.15, -0.1) is 0 Å². The van der Waals surface area contributed by atoms with Gasteiger partial charge in [0.2, 0.25) is 0 Å². The summed E-state index contributed by atoms with van der Waals surface area (Å²) in [5.74, 6) is -0.539. The highest BCUT2D eigenvalue weighted by Crippen LogP contribution is 2.40. The molecule has 0 saturated heterocycles. The Hall–Kier alpha value is -1.81. The average Bonchev–Trinajstić information content (AvgIpc) is 2.74. The molecule has 2 rings (SSSR count). The zero-order valence-electron chi connectivity index (χ0n) is 18.4. The van der Waals surface area contributed by atoms with Crippen LogP contribution in [0.15, 0.2) is 23.1 Å². The number of ether oxygens (including phenoxy) is 2. The van der Waals surface area contributed by atoms with Gasteiger partial charge in [-0.05, 0) is 60.7 Å². The molecule has 0 aliphatic rings. The van der Waals surface area contributed by atoms with E-state index in [0.29, 0.717) is 18.8 Å². The van der Waals surface area contributed by atoms with Crippen LogP contribution in [0.4, 0.5) is 10.1 Å². The van der Waals surface area contributed by atoms with E-state index in [1.807, 2.05) is 25.8 Å². The number of nitrogens with zero attached hydrogens (tertiary/aromatic N) is 1. The third-order valence-electron chi connectivity index (χ3n) is 5.28. The van der Waals surface area contributed by atoms with Crippen molar-refractivity contribution in [2.45, 2.75) is 45.1 Å². The van der Waals surface area contributed by atoms with Crippen LogP contribution < -0.4 is 9.64 Å². The molecule has 0 unspecified atom stereocenters. The van der Waals surface area contributed by atoms with Crippen LogP contribution >= 0.6 is 30.1 Å². The van der Waals surface area contributed by atoms with Gasteiger partial charge in [0.25, 0.3) is 0 Å². The Balaban J connectivity index is 2.59. The molecule has 0 atom stereocenters. The van der Waals surface area contributed by atoms with Crippen LogP contribution in [-0.2, 0) is 33.7 Å². The first-order valence-electron chi connectivity index (χ1n) is 9.85. The molecular formula is C23H27FINO4S. The standard InChI is InChI=1S/C23H27FINO4S/c1-6-30-21(28)12-17-14(2)16(10-11-27)18(15(3)23(17)31-25)13-26(4)20-9-7-8-19(24)22(20)29-5/h7-9,11H,6,10,12-13H2,1-5H3. The van der Waals surface area contributed by atoms with Gasteiger partial charge in [-0.25, -0.2) is 4.39 Å². The molecule has 0 radical (unpaired) electrons. The summed E-state index contributed by atoms with van der Waals surface area (Å²) >= 11 is 2.21. The molecule has 0 bridgehead atoms. The number of anilines is 1. The summed E-state index contributed by atoms with van der Waals surface area (Å²) in [6.45, 7) is 6.49. The van der Waals surface area contributed by atoms with Gasteiger partial charge in [0.1, 0.15) is 6.29 Å². The van der Waals surface area contributed by atoms with Gasteiger partial charge in [-0.3, -0.25) is 4.79 Å². The van der Waals surface area contributed by atoms with Crippen LogP contribution in [0.5, 0.6) is 5.75 Å². The Kier molecular flexibility index (Phi) is 9.61. The molecule has 168 valence electrons. The van der Waals surface area contributed by atoms with Crippen LogP contribution in [0, 0.1) is 19.7 Å². The first kappa shape index (κ1) is 25.5. The molecule has 0 heterocycles. The van der Waals surface area contributed by atoms with Crippen molar-refractivity contribution in [3.8, 4) is 5.75 Å². The third kappa shape index (κ3) is 5.71. The fourth-order valence-corrected chi connectivity index (χ4v) is 6.08. The Morgan fingerprint density at radius 2 is 1.94 bits per heavy atom. The molecular weight excluding hydrogens is 532 g/mol. The lowest BCUT2D eigenvalue weighted by Gasteiger charge is -2.27. The van der Waals surface area contributed by atoms with Gasteiger partial charge in [-0.2, -0.15) is 0 Å². The summed E-state index contributed by atoms with van der Waals surface area (Å²) in [7, 11) is 4.84. The van der Waals surface area contributed by atoms with Crippen LogP contribution in [0.25, 0.3) is 0 Å². The van der Waals surface area contributed by atoms with Crippen molar-refractivity contribution in [1.29, 1.82) is 0 Å². The fourth-order valence-electron chi connectivity index (χ4n) is 3.74. The summed E-state index contributed by atoms with van der Waals surface area (Å²) < 4.78 is 24.6. The highest BCUT2D eigenvalue weighted by Gasteiger charge is 2.23. The summed E-state index contributed by atoms with van der Waals surface area (Å²) in [5.41, 5.74) is 5.31. The maximum Gasteiger partial charge on any atom is 0.310 e. The smallest absolute Gasteiger partial charge is 0.310 e. The van der Waals surface area contributed by atoms with Crippen molar-refractivity contribution < 1.29 is 23.5 Å². The van der Waals surface area contributed by atoms with E-state index in [-0.39, 0.29) is 24.6 Å². The second kappa shape index (κ2) is 11.7. The third-order valence-corrected chi connectivity index (χ3v) is 7.31. The van der Waals surface area contributed by atoms with E-state index in [1.165, 1.54) is 13.2 Å². The van der Waals surface area contributed by atoms with E-state index in [1.54, 1.807) is 28.0 Å². The van der Waals surface area contributed by atoms with Crippen molar-refractivity contribution in [3.63, 3.8) is 0 Å². The molecule has 5 nitrogen and oxygen atoms in total. The van der Waals surface area contributed by atoms with Crippen LogP contribution in [0.2, 0.25) is 0 Å². The quantitative estimate of drug-likeness (QED) is 0.222. The van der Waals surface area contributed by atoms with Gasteiger partial charge in [-0.1, -0.05) is 15.0 Å². The largest absolute Gasteiger partial charge is 0.492 e. The second-order valence-corrected chi connectivity index (χ2v) is 8.98. The van der Waals surface area contributed by atoms with Crippen LogP contribution in [0.3, 0.4) is 0 Å². The van der Waals surface area contributed by atoms with Crippen molar-refractivity contribution >= 4 is 48.1 Å². The number of benzene rings is 2. The zero-order valence-corrected chi connectivity index (χ0v) is 21.4. The van der Waals surface area contributed by atoms with Crippen molar-refractivity contribution in [1.82, 2.24) is 0 Å². The number of aldehydes is 1. The van der Waals surface area contributed by atoms with E-state index in [2.05, 4.69) is 21.2 Å². The van der Waals surface area contributed by atoms with Crippen LogP contribution in [-0.4, -0.2) is 33.0 Å². The Morgan fingerprint density at radius 3 is 2.52 bits per heavy atom. The van der Waals surface area contributed by atoms with Gasteiger partial charge in [0.15, 0.2) is 11.6 Å². The summed E-state index contributed by atoms with van der Waals surface area (Å²) in [4.78, 5) is 26.6. The SMILES string of the molecule is CCOC(=O)Cc1c(C)c(CC=O)c(CN(C)c2cccc(F)c2OC)c(C)c1SI. The Labute approximate surface area is 199 Å². The number of carbonyl (C=O) groups excluding carboxylic acids is 2. The second-order valence-electron chi connectivity index (χ2n) is 7.09. The van der Waals surface area contributed by atoms with E-state index >= 15 is 0 Å². The summed E-state index contributed by atoms with van der Waals surface area (Å²) in [6, 6.07) is 4.80. The molecule has 0 spiro atoms. The number of esters is 1. The molecule has 0 aliphatic carbocycles. The number of hydrogen-bond donors (Lipinski definition) is 0. The topological polar surface area (TPSA) is 55.8 Å². The highest BCUT2D eigenvalue weighted by atomic mass is 127. The predicted molar refractivity (Wildman–Crippen MR) is 131 cm³/mol. The number of methoxy groups -OCH3 is 1. The minimum atomic E-state index is -0.429. The van der Waals surface area contributed by atoms with Crippen molar-refractivity contribution in [3.05, 3.63) is 51.8 Å². The molecule has 31 heavy (non-hydrogen) atoms. The monoisotopic (exact) mass is 559 g/mol. The normalized spacial score (nSPS) is 10.7. The molecule has 2 aromatic carbocycles. The Morgan fingerprint density at radius 1 is 1.23 bits per heavy atom. The summed E-state index contributed by atoms with van der Waals surface area (Å²) in [6.07, 6.45) is 1.27. The van der Waals surface area contributed by atoms with Crippen LogP contribution in [0.1, 0.15) is 34.7 Å². The lowest BCUT2D eigenvalue weighted by Crippen LogP contribution is -2.21. The van der Waals surface area contributed by atoms with E-state index in [0.717, 1.165) is 39.0 Å². The highest BCUT2D eigenvalue weighted by molar-refractivity contribution is 14.2.